The van der Waals surface area contributed by atoms with Crippen LogP contribution in [0.15, 0.2) is 72.8 Å². The zero-order chi connectivity index (χ0) is 24.5. The lowest BCUT2D eigenvalue weighted by Crippen LogP contribution is -2.52. The van der Waals surface area contributed by atoms with E-state index in [-0.39, 0.29) is 17.9 Å². The molecule has 174 valence electrons. The number of nitrogens with zero attached hydrogens (tertiary/aromatic N) is 1. The lowest BCUT2D eigenvalue weighted by molar-refractivity contribution is 0.0473. The predicted octanol–water partition coefficient (Wildman–Crippen LogP) is 5.68. The largest absolute Gasteiger partial charge is 0.272 e. The zero-order valence-electron chi connectivity index (χ0n) is 20.2. The quantitative estimate of drug-likeness (QED) is 0.353. The molecule has 0 saturated carbocycles. The van der Waals surface area contributed by atoms with Gasteiger partial charge in [-0.05, 0) is 68.5 Å². The molecule has 3 rings (SSSR count). The van der Waals surface area contributed by atoms with Crippen molar-refractivity contribution in [1.82, 2.24) is 10.4 Å². The Morgan fingerprint density at radius 1 is 0.912 bits per heavy atom. The molecule has 0 aliphatic carbocycles. The molecule has 0 aliphatic heterocycles. The molecule has 34 heavy (non-hydrogen) atoms. The van der Waals surface area contributed by atoms with Crippen LogP contribution in [-0.4, -0.2) is 22.9 Å². The number of carbonyl (C=O) groups is 2. The molecular weight excluding hydrogens is 420 g/mol. The van der Waals surface area contributed by atoms with Gasteiger partial charge in [-0.2, -0.15) is 0 Å². The van der Waals surface area contributed by atoms with Crippen LogP contribution < -0.4 is 5.43 Å². The molecule has 0 heterocycles. The van der Waals surface area contributed by atoms with Crippen LogP contribution in [-0.2, 0) is 12.8 Å². The van der Waals surface area contributed by atoms with E-state index in [1.165, 1.54) is 5.01 Å². The maximum absolute atomic E-state index is 13.7. The van der Waals surface area contributed by atoms with E-state index in [1.807, 2.05) is 62.4 Å². The number of benzene rings is 3. The molecule has 3 aromatic carbocycles. The van der Waals surface area contributed by atoms with E-state index in [1.54, 1.807) is 12.1 Å². The molecule has 0 bridgehead atoms. The molecule has 1 N–H and O–H groups in total. The fourth-order valence-corrected chi connectivity index (χ4v) is 4.05. The van der Waals surface area contributed by atoms with Gasteiger partial charge in [-0.1, -0.05) is 66.6 Å². The summed E-state index contributed by atoms with van der Waals surface area (Å²) in [6.45, 7) is 5.98. The van der Waals surface area contributed by atoms with E-state index in [0.29, 0.717) is 24.0 Å². The van der Waals surface area contributed by atoms with Crippen molar-refractivity contribution < 1.29 is 9.59 Å². The number of aryl methyl sites for hydroxylation is 4. The summed E-state index contributed by atoms with van der Waals surface area (Å²) in [7, 11) is 0. The highest BCUT2D eigenvalue weighted by Gasteiger charge is 2.27. The number of nitrogens with one attached hydrogen (secondary N) is 1. The average Bonchev–Trinajstić information content (AvgIpc) is 2.85. The summed E-state index contributed by atoms with van der Waals surface area (Å²) in [6.07, 6.45) is 8.29. The molecule has 0 radical (unpaired) electrons. The Morgan fingerprint density at radius 3 is 2.15 bits per heavy atom. The standard InChI is InChI=1S/C30H32N2O2/c1-5-10-28(18-15-25-11-8-7-9-12-25)32(30(34)27-20-22(3)19-23(4)21-27)31-29(33)26-16-13-24(6-2)14-17-26/h1,7-9,11-14,16-17,19-21,28H,6,10,15,18H2,2-4H3,(H,31,33)/t28-/m0/s1. The van der Waals surface area contributed by atoms with Crippen molar-refractivity contribution in [3.05, 3.63) is 106 Å². The van der Waals surface area contributed by atoms with Gasteiger partial charge in [-0.25, -0.2) is 5.01 Å². The van der Waals surface area contributed by atoms with Crippen LogP contribution in [0, 0.1) is 26.2 Å². The van der Waals surface area contributed by atoms with Gasteiger partial charge in [-0.3, -0.25) is 15.0 Å². The second-order valence-corrected chi connectivity index (χ2v) is 8.63. The van der Waals surface area contributed by atoms with Gasteiger partial charge in [0.05, 0.1) is 6.04 Å². The maximum atomic E-state index is 13.7. The summed E-state index contributed by atoms with van der Waals surface area (Å²) in [5.41, 5.74) is 8.19. The van der Waals surface area contributed by atoms with Gasteiger partial charge in [0.2, 0.25) is 0 Å². The normalized spacial score (nSPS) is 11.4. The summed E-state index contributed by atoms with van der Waals surface area (Å²) in [6, 6.07) is 22.8. The number of hydrogen-bond acceptors (Lipinski definition) is 2. The first-order valence-corrected chi connectivity index (χ1v) is 11.7. The van der Waals surface area contributed by atoms with Crippen LogP contribution in [0.5, 0.6) is 0 Å². The van der Waals surface area contributed by atoms with Gasteiger partial charge in [-0.15, -0.1) is 12.3 Å². The Morgan fingerprint density at radius 2 is 1.56 bits per heavy atom. The minimum Gasteiger partial charge on any atom is -0.267 e. The second kappa shape index (κ2) is 11.9. The van der Waals surface area contributed by atoms with Crippen LogP contribution in [0.25, 0.3) is 0 Å². The fraction of sp³-hybridized carbons (Fsp3) is 0.267. The first-order valence-electron chi connectivity index (χ1n) is 11.7. The van der Waals surface area contributed by atoms with Gasteiger partial charge in [0.1, 0.15) is 0 Å². The first kappa shape index (κ1) is 24.8. The Hall–Kier alpha value is -3.84. The molecule has 0 unspecified atom stereocenters. The third-order valence-corrected chi connectivity index (χ3v) is 5.86. The zero-order valence-corrected chi connectivity index (χ0v) is 20.2. The van der Waals surface area contributed by atoms with E-state index >= 15 is 0 Å². The Balaban J connectivity index is 1.91. The third-order valence-electron chi connectivity index (χ3n) is 5.86. The number of hydrogen-bond donors (Lipinski definition) is 1. The van der Waals surface area contributed by atoms with Crippen molar-refractivity contribution in [2.24, 2.45) is 0 Å². The monoisotopic (exact) mass is 452 g/mol. The van der Waals surface area contributed by atoms with Gasteiger partial charge in [0, 0.05) is 17.5 Å². The molecule has 4 nitrogen and oxygen atoms in total. The molecule has 0 aliphatic rings. The van der Waals surface area contributed by atoms with Gasteiger partial charge in [0.25, 0.3) is 11.8 Å². The van der Waals surface area contributed by atoms with E-state index in [0.717, 1.165) is 35.1 Å². The summed E-state index contributed by atoms with van der Waals surface area (Å²) in [4.78, 5) is 26.8. The van der Waals surface area contributed by atoms with Crippen LogP contribution in [0.1, 0.15) is 62.7 Å². The van der Waals surface area contributed by atoms with Crippen molar-refractivity contribution >= 4 is 11.8 Å². The number of carbonyl (C=O) groups excluding carboxylic acids is 2. The molecule has 0 fully saturated rings. The summed E-state index contributed by atoms with van der Waals surface area (Å²) < 4.78 is 0. The molecule has 0 spiro atoms. The van der Waals surface area contributed by atoms with Crippen LogP contribution in [0.3, 0.4) is 0 Å². The van der Waals surface area contributed by atoms with E-state index in [2.05, 4.69) is 30.4 Å². The van der Waals surface area contributed by atoms with Crippen molar-refractivity contribution in [3.63, 3.8) is 0 Å². The maximum Gasteiger partial charge on any atom is 0.272 e. The Labute approximate surface area is 203 Å². The highest BCUT2D eigenvalue weighted by Crippen LogP contribution is 2.18. The van der Waals surface area contributed by atoms with Crippen LogP contribution in [0.4, 0.5) is 0 Å². The predicted molar refractivity (Wildman–Crippen MR) is 137 cm³/mol. The van der Waals surface area contributed by atoms with Crippen molar-refractivity contribution in [2.75, 3.05) is 0 Å². The first-order chi connectivity index (χ1) is 16.4. The molecule has 0 aromatic heterocycles. The van der Waals surface area contributed by atoms with Crippen molar-refractivity contribution in [2.45, 2.75) is 52.5 Å². The molecule has 3 aromatic rings. The minimum absolute atomic E-state index is 0.265. The number of terminal acetylenes is 1. The molecule has 1 atom stereocenters. The smallest absolute Gasteiger partial charge is 0.267 e. The minimum atomic E-state index is -0.350. The molecule has 4 heteroatoms. The topological polar surface area (TPSA) is 49.4 Å². The highest BCUT2D eigenvalue weighted by atomic mass is 16.2. The molecular formula is C30H32N2O2. The van der Waals surface area contributed by atoms with E-state index in [9.17, 15) is 9.59 Å². The Kier molecular flexibility index (Phi) is 8.65. The summed E-state index contributed by atoms with van der Waals surface area (Å²) in [5.74, 6) is 2.10. The van der Waals surface area contributed by atoms with Gasteiger partial charge >= 0.3 is 0 Å². The average molecular weight is 453 g/mol. The number of hydrazine groups is 1. The molecule has 2 amide bonds. The van der Waals surface area contributed by atoms with E-state index < -0.39 is 0 Å². The SMILES string of the molecule is C#CC[C@@H](CCc1ccccc1)N(NC(=O)c1ccc(CC)cc1)C(=O)c1cc(C)cc(C)c1. The van der Waals surface area contributed by atoms with E-state index in [4.69, 9.17) is 6.42 Å². The van der Waals surface area contributed by atoms with Crippen LogP contribution >= 0.6 is 0 Å². The van der Waals surface area contributed by atoms with Gasteiger partial charge < -0.3 is 0 Å². The summed E-state index contributed by atoms with van der Waals surface area (Å²) >= 11 is 0. The van der Waals surface area contributed by atoms with Crippen LogP contribution in [0.2, 0.25) is 0 Å². The lowest BCUT2D eigenvalue weighted by Gasteiger charge is -2.31. The number of amides is 2. The van der Waals surface area contributed by atoms with Crippen molar-refractivity contribution in [3.8, 4) is 12.3 Å². The third kappa shape index (κ3) is 6.59. The second-order valence-electron chi connectivity index (χ2n) is 8.63. The highest BCUT2D eigenvalue weighted by molar-refractivity contribution is 5.99. The fourth-order valence-electron chi connectivity index (χ4n) is 4.05. The van der Waals surface area contributed by atoms with Crippen molar-refractivity contribution in [1.29, 1.82) is 0 Å². The summed E-state index contributed by atoms with van der Waals surface area (Å²) in [5, 5.41) is 1.44. The number of rotatable bonds is 8. The molecule has 0 saturated heterocycles. The Bertz CT molecular complexity index is 1140. The van der Waals surface area contributed by atoms with Gasteiger partial charge in [0.15, 0.2) is 0 Å². The lowest BCUT2D eigenvalue weighted by atomic mass is 10.0.